The molecule has 1 nitrogen and oxygen atoms in total. The predicted molar refractivity (Wildman–Crippen MR) is 282 cm³/mol. The largest absolute Gasteiger partial charge is 0.310 e. The zero-order valence-electron chi connectivity index (χ0n) is 37.2. The van der Waals surface area contributed by atoms with E-state index in [1.54, 1.807) is 0 Å². The van der Waals surface area contributed by atoms with Crippen molar-refractivity contribution in [3.8, 4) is 44.5 Å². The molecule has 0 aliphatic heterocycles. The molecule has 0 saturated carbocycles. The van der Waals surface area contributed by atoms with Gasteiger partial charge in [0.2, 0.25) is 0 Å². The third kappa shape index (κ3) is 5.86. The number of fused-ring (bicyclic) bond motifs is 12. The van der Waals surface area contributed by atoms with Crippen molar-refractivity contribution in [3.05, 3.63) is 241 Å². The summed E-state index contributed by atoms with van der Waals surface area (Å²) < 4.78 is 0. The minimum Gasteiger partial charge on any atom is -0.310 e. The molecular weight excluding hydrogens is 795 g/mol. The van der Waals surface area contributed by atoms with Gasteiger partial charge in [0.25, 0.3) is 0 Å². The first-order chi connectivity index (χ1) is 32.5. The molecule has 66 heavy (non-hydrogen) atoms. The van der Waals surface area contributed by atoms with Gasteiger partial charge in [-0.05, 0) is 159 Å². The van der Waals surface area contributed by atoms with E-state index in [0.29, 0.717) is 0 Å². The van der Waals surface area contributed by atoms with Crippen molar-refractivity contribution < 1.29 is 0 Å². The molecule has 0 radical (unpaired) electrons. The smallest absolute Gasteiger partial charge is 0.0506 e. The Hall–Kier alpha value is -8.00. The molecule has 0 saturated heterocycles. The van der Waals surface area contributed by atoms with Crippen LogP contribution in [-0.4, -0.2) is 0 Å². The minimum absolute atomic E-state index is 0.140. The summed E-state index contributed by atoms with van der Waals surface area (Å²) in [6.07, 6.45) is 6.72. The van der Waals surface area contributed by atoms with Crippen molar-refractivity contribution in [1.82, 2.24) is 0 Å². The summed E-state index contributed by atoms with van der Waals surface area (Å²) in [5.41, 5.74) is 18.9. The quantitative estimate of drug-likeness (QED) is 0.151. The maximum absolute atomic E-state index is 2.58. The second-order valence-electron chi connectivity index (χ2n) is 18.7. The molecule has 11 aromatic rings. The van der Waals surface area contributed by atoms with Crippen molar-refractivity contribution in [2.75, 3.05) is 4.90 Å². The summed E-state index contributed by atoms with van der Waals surface area (Å²) in [5, 5.41) is 10.1. The van der Waals surface area contributed by atoms with Crippen LogP contribution in [0, 0.1) is 0 Å². The molecule has 0 fully saturated rings. The van der Waals surface area contributed by atoms with Crippen LogP contribution in [0.5, 0.6) is 0 Å². The first kappa shape index (κ1) is 38.5. The van der Waals surface area contributed by atoms with Gasteiger partial charge in [-0.1, -0.05) is 202 Å². The molecule has 312 valence electrons. The van der Waals surface area contributed by atoms with E-state index in [1.807, 2.05) is 0 Å². The van der Waals surface area contributed by atoms with Crippen LogP contribution in [0.3, 0.4) is 0 Å². The average molecular weight is 842 g/mol. The highest BCUT2D eigenvalue weighted by Gasteiger charge is 2.36. The molecule has 0 unspecified atom stereocenters. The third-order valence-electron chi connectivity index (χ3n) is 14.7. The molecule has 11 aromatic carbocycles. The minimum atomic E-state index is -0.140. The number of allylic oxidation sites excluding steroid dienone is 1. The Bertz CT molecular complexity index is 3770. The van der Waals surface area contributed by atoms with Crippen LogP contribution >= 0.6 is 0 Å². The Kier molecular flexibility index (Phi) is 8.77. The monoisotopic (exact) mass is 841 g/mol. The summed E-state index contributed by atoms with van der Waals surface area (Å²) in [7, 11) is 0. The summed E-state index contributed by atoms with van der Waals surface area (Å²) in [6.45, 7) is 4.78. The van der Waals surface area contributed by atoms with Crippen molar-refractivity contribution in [2.45, 2.75) is 32.1 Å². The SMILES string of the molecule is CC1(C)c2ccccc2-c2ccc(N(c3ccc4c(c3)c3ccccc3c3c(-c5ccccc5)cc(-c5ccccc5)c(-c5ccccc5)c43)c3cc4ccccc4c4c3CCC=C4)cc21. The van der Waals surface area contributed by atoms with Gasteiger partial charge in [-0.3, -0.25) is 0 Å². The van der Waals surface area contributed by atoms with Crippen LogP contribution in [0.4, 0.5) is 17.1 Å². The molecular formula is C65H47N. The average Bonchev–Trinajstić information content (AvgIpc) is 3.61. The van der Waals surface area contributed by atoms with Gasteiger partial charge in [-0.15, -0.1) is 0 Å². The first-order valence-electron chi connectivity index (χ1n) is 23.4. The van der Waals surface area contributed by atoms with Crippen LogP contribution in [0.25, 0.3) is 93.7 Å². The lowest BCUT2D eigenvalue weighted by molar-refractivity contribution is 0.660. The Morgan fingerprint density at radius 3 is 1.77 bits per heavy atom. The number of anilines is 3. The number of benzene rings is 11. The van der Waals surface area contributed by atoms with E-state index >= 15 is 0 Å². The molecule has 2 aliphatic carbocycles. The standard InChI is InChI=1S/C65H47N/c1-65(2)59-33-19-18-30-51(59)52-36-34-47(40-60(52)65)66(61-38-45-26-12-13-27-48(45)49-28-14-16-31-53(49)61)46-35-37-55-58(39-46)50-29-15-17-32-54(50)63-57(43-22-8-4-9-23-43)41-56(42-20-6-3-7-21-42)62(64(55)63)44-24-10-5-11-25-44/h3-15,17-30,32-41H,16,31H2,1-2H3. The topological polar surface area (TPSA) is 3.24 Å². The highest BCUT2D eigenvalue weighted by Crippen LogP contribution is 2.53. The second-order valence-corrected chi connectivity index (χ2v) is 18.7. The molecule has 0 amide bonds. The zero-order chi connectivity index (χ0) is 43.9. The van der Waals surface area contributed by atoms with E-state index in [2.05, 4.69) is 243 Å². The van der Waals surface area contributed by atoms with E-state index in [-0.39, 0.29) is 5.41 Å². The van der Waals surface area contributed by atoms with Crippen molar-refractivity contribution in [2.24, 2.45) is 0 Å². The number of nitrogens with zero attached hydrogens (tertiary/aromatic N) is 1. The molecule has 2 aliphatic rings. The maximum atomic E-state index is 2.58. The van der Waals surface area contributed by atoms with Gasteiger partial charge in [0.05, 0.1) is 5.69 Å². The molecule has 0 aromatic heterocycles. The lowest BCUT2D eigenvalue weighted by Crippen LogP contribution is -2.17. The van der Waals surface area contributed by atoms with Gasteiger partial charge in [-0.25, -0.2) is 0 Å². The molecule has 0 spiro atoms. The maximum Gasteiger partial charge on any atom is 0.0506 e. The number of rotatable bonds is 6. The normalized spacial score (nSPS) is 13.5. The number of hydrogen-bond acceptors (Lipinski definition) is 1. The lowest BCUT2D eigenvalue weighted by atomic mass is 9.81. The fourth-order valence-electron chi connectivity index (χ4n) is 11.6. The van der Waals surface area contributed by atoms with Crippen LogP contribution in [0.1, 0.15) is 42.5 Å². The van der Waals surface area contributed by atoms with Crippen molar-refractivity contribution in [1.29, 1.82) is 0 Å². The van der Waals surface area contributed by atoms with Crippen LogP contribution in [0.2, 0.25) is 0 Å². The summed E-state index contributed by atoms with van der Waals surface area (Å²) in [6, 6.07) is 79.5. The van der Waals surface area contributed by atoms with E-state index in [1.165, 1.54) is 121 Å². The van der Waals surface area contributed by atoms with E-state index in [9.17, 15) is 0 Å². The first-order valence-corrected chi connectivity index (χ1v) is 23.4. The summed E-state index contributed by atoms with van der Waals surface area (Å²) >= 11 is 0. The Balaban J connectivity index is 1.16. The Labute approximate surface area is 386 Å². The van der Waals surface area contributed by atoms with Gasteiger partial charge < -0.3 is 4.90 Å². The van der Waals surface area contributed by atoms with Gasteiger partial charge in [0.15, 0.2) is 0 Å². The fraction of sp³-hybridized carbons (Fsp3) is 0.0769. The summed E-state index contributed by atoms with van der Waals surface area (Å²) in [5.74, 6) is 0. The van der Waals surface area contributed by atoms with Gasteiger partial charge in [-0.2, -0.15) is 0 Å². The highest BCUT2D eigenvalue weighted by atomic mass is 15.1. The third-order valence-corrected chi connectivity index (χ3v) is 14.7. The van der Waals surface area contributed by atoms with Gasteiger partial charge >= 0.3 is 0 Å². The van der Waals surface area contributed by atoms with E-state index in [0.717, 1.165) is 18.5 Å². The highest BCUT2D eigenvalue weighted by molar-refractivity contribution is 6.33. The van der Waals surface area contributed by atoms with Gasteiger partial charge in [0.1, 0.15) is 0 Å². The molecule has 1 heteroatoms. The Morgan fingerprint density at radius 1 is 0.409 bits per heavy atom. The Morgan fingerprint density at radius 2 is 1.00 bits per heavy atom. The zero-order valence-corrected chi connectivity index (χ0v) is 37.2. The second kappa shape index (κ2) is 15.0. The van der Waals surface area contributed by atoms with E-state index in [4.69, 9.17) is 0 Å². The van der Waals surface area contributed by atoms with Crippen LogP contribution in [-0.2, 0) is 11.8 Å². The lowest BCUT2D eigenvalue weighted by Gasteiger charge is -2.32. The molecule has 0 atom stereocenters. The van der Waals surface area contributed by atoms with Crippen LogP contribution in [0.15, 0.2) is 218 Å². The number of hydrogen-bond donors (Lipinski definition) is 0. The van der Waals surface area contributed by atoms with Crippen molar-refractivity contribution >= 4 is 66.2 Å². The summed E-state index contributed by atoms with van der Waals surface area (Å²) in [4.78, 5) is 2.58. The van der Waals surface area contributed by atoms with Gasteiger partial charge in [0, 0.05) is 16.8 Å². The molecule has 0 N–H and O–H groups in total. The van der Waals surface area contributed by atoms with E-state index < -0.39 is 0 Å². The molecule has 0 heterocycles. The fourth-order valence-corrected chi connectivity index (χ4v) is 11.6. The van der Waals surface area contributed by atoms with Crippen LogP contribution < -0.4 is 4.90 Å². The van der Waals surface area contributed by atoms with Crippen molar-refractivity contribution in [3.63, 3.8) is 0 Å². The predicted octanol–water partition coefficient (Wildman–Crippen LogP) is 18.0. The molecule has 13 rings (SSSR count). The molecule has 0 bridgehead atoms.